The van der Waals surface area contributed by atoms with Crippen LogP contribution in [0.15, 0.2) is 54.6 Å². The molecular weight excluding hydrogens is 320 g/mol. The summed E-state index contributed by atoms with van der Waals surface area (Å²) in [5, 5.41) is 15.1. The molecule has 0 spiro atoms. The Labute approximate surface area is 146 Å². The van der Waals surface area contributed by atoms with Crippen LogP contribution in [0.25, 0.3) is 0 Å². The van der Waals surface area contributed by atoms with E-state index in [2.05, 4.69) is 10.6 Å². The second-order valence-corrected chi connectivity index (χ2v) is 5.47. The Hall–Kier alpha value is -2.86. The number of para-hydroxylation sites is 1. The van der Waals surface area contributed by atoms with E-state index >= 15 is 0 Å². The van der Waals surface area contributed by atoms with Crippen LogP contribution in [0.5, 0.6) is 5.75 Å². The summed E-state index contributed by atoms with van der Waals surface area (Å²) < 4.78 is 5.19. The van der Waals surface area contributed by atoms with E-state index in [9.17, 15) is 14.7 Å². The molecule has 2 aromatic carbocycles. The number of benzene rings is 2. The maximum atomic E-state index is 11.8. The third-order valence-electron chi connectivity index (χ3n) is 3.73. The minimum atomic E-state index is -0.727. The Balaban J connectivity index is 1.74. The molecule has 1 atom stereocenters. The van der Waals surface area contributed by atoms with Gasteiger partial charge in [-0.3, -0.25) is 9.59 Å². The van der Waals surface area contributed by atoms with Crippen LogP contribution in [-0.4, -0.2) is 30.6 Å². The summed E-state index contributed by atoms with van der Waals surface area (Å²) in [5.41, 5.74) is 1.56. The molecule has 1 unspecified atom stereocenters. The molecule has 0 fully saturated rings. The van der Waals surface area contributed by atoms with Gasteiger partial charge in [-0.1, -0.05) is 48.5 Å². The van der Waals surface area contributed by atoms with Crippen LogP contribution in [0.4, 0.5) is 0 Å². The van der Waals surface area contributed by atoms with Crippen molar-refractivity contribution in [2.75, 3.05) is 13.7 Å². The molecule has 2 aromatic rings. The van der Waals surface area contributed by atoms with E-state index < -0.39 is 17.9 Å². The van der Waals surface area contributed by atoms with Crippen molar-refractivity contribution >= 4 is 11.8 Å². The summed E-state index contributed by atoms with van der Waals surface area (Å²) >= 11 is 0. The average Bonchev–Trinajstić information content (AvgIpc) is 2.66. The molecule has 0 bridgehead atoms. The number of methoxy groups -OCH3 is 1. The average molecular weight is 342 g/mol. The molecule has 0 aliphatic carbocycles. The van der Waals surface area contributed by atoms with Crippen molar-refractivity contribution in [2.45, 2.75) is 19.1 Å². The van der Waals surface area contributed by atoms with Crippen LogP contribution in [0.1, 0.15) is 23.7 Å². The molecule has 0 saturated carbocycles. The van der Waals surface area contributed by atoms with E-state index in [0.29, 0.717) is 12.2 Å². The summed E-state index contributed by atoms with van der Waals surface area (Å²) in [4.78, 5) is 23.6. The molecule has 0 aliphatic heterocycles. The smallest absolute Gasteiger partial charge is 0.309 e. The first-order valence-corrected chi connectivity index (χ1v) is 8.02. The Kier molecular flexibility index (Phi) is 6.98. The summed E-state index contributed by atoms with van der Waals surface area (Å²) in [6, 6.07) is 16.4. The second-order valence-electron chi connectivity index (χ2n) is 5.47. The first-order valence-electron chi connectivity index (χ1n) is 8.02. The number of amides is 2. The van der Waals surface area contributed by atoms with Gasteiger partial charge in [-0.25, -0.2) is 0 Å². The quantitative estimate of drug-likeness (QED) is 0.666. The van der Waals surface area contributed by atoms with E-state index in [1.807, 2.05) is 48.5 Å². The zero-order valence-electron chi connectivity index (χ0n) is 14.1. The normalized spacial score (nSPS) is 11.4. The van der Waals surface area contributed by atoms with Gasteiger partial charge in [-0.2, -0.15) is 0 Å². The Bertz CT molecular complexity index is 704. The molecule has 0 heterocycles. The number of aliphatic hydroxyl groups is 1. The lowest BCUT2D eigenvalue weighted by atomic mass is 10.1. The van der Waals surface area contributed by atoms with Crippen LogP contribution in [-0.2, 0) is 16.1 Å². The highest BCUT2D eigenvalue weighted by Gasteiger charge is 2.14. The highest BCUT2D eigenvalue weighted by atomic mass is 16.5. The number of ether oxygens (including phenoxy) is 1. The number of rotatable bonds is 7. The SMILES string of the molecule is COc1ccccc1CNC(=O)C(=O)NCCC(O)c1ccccc1. The van der Waals surface area contributed by atoms with Crippen molar-refractivity contribution in [2.24, 2.45) is 0 Å². The Morgan fingerprint density at radius 3 is 2.36 bits per heavy atom. The zero-order valence-corrected chi connectivity index (χ0v) is 14.1. The maximum absolute atomic E-state index is 11.8. The van der Waals surface area contributed by atoms with Crippen LogP contribution in [0.3, 0.4) is 0 Å². The van der Waals surface area contributed by atoms with E-state index in [1.165, 1.54) is 0 Å². The van der Waals surface area contributed by atoms with E-state index in [0.717, 1.165) is 11.1 Å². The predicted molar refractivity (Wildman–Crippen MR) is 93.9 cm³/mol. The second kappa shape index (κ2) is 9.44. The molecule has 25 heavy (non-hydrogen) atoms. The summed E-state index contributed by atoms with van der Waals surface area (Å²) in [7, 11) is 1.55. The fourth-order valence-electron chi connectivity index (χ4n) is 2.35. The molecule has 0 aliphatic rings. The largest absolute Gasteiger partial charge is 0.496 e. The van der Waals surface area contributed by atoms with Crippen molar-refractivity contribution in [1.82, 2.24) is 10.6 Å². The van der Waals surface area contributed by atoms with Crippen LogP contribution in [0, 0.1) is 0 Å². The highest BCUT2D eigenvalue weighted by molar-refractivity contribution is 6.35. The number of hydrogen-bond donors (Lipinski definition) is 3. The Morgan fingerprint density at radius 1 is 1.00 bits per heavy atom. The van der Waals surface area contributed by atoms with Crippen molar-refractivity contribution in [1.29, 1.82) is 0 Å². The number of nitrogens with one attached hydrogen (secondary N) is 2. The lowest BCUT2D eigenvalue weighted by Crippen LogP contribution is -2.40. The highest BCUT2D eigenvalue weighted by Crippen LogP contribution is 2.16. The first kappa shape index (κ1) is 18.5. The number of aliphatic hydroxyl groups excluding tert-OH is 1. The molecule has 0 saturated heterocycles. The fraction of sp³-hybridized carbons (Fsp3) is 0.263. The van der Waals surface area contributed by atoms with Crippen LogP contribution >= 0.6 is 0 Å². The van der Waals surface area contributed by atoms with Crippen LogP contribution < -0.4 is 15.4 Å². The van der Waals surface area contributed by atoms with Gasteiger partial charge >= 0.3 is 11.8 Å². The molecule has 0 aromatic heterocycles. The predicted octanol–water partition coefficient (Wildman–Crippen LogP) is 1.55. The molecule has 6 nitrogen and oxygen atoms in total. The van der Waals surface area contributed by atoms with Gasteiger partial charge in [0.1, 0.15) is 5.75 Å². The van der Waals surface area contributed by atoms with Gasteiger partial charge in [0.2, 0.25) is 0 Å². The topological polar surface area (TPSA) is 87.7 Å². The van der Waals surface area contributed by atoms with Crippen molar-refractivity contribution in [3.8, 4) is 5.75 Å². The lowest BCUT2D eigenvalue weighted by molar-refractivity contribution is -0.139. The molecule has 2 rings (SSSR count). The van der Waals surface area contributed by atoms with Gasteiger partial charge in [0.25, 0.3) is 0 Å². The van der Waals surface area contributed by atoms with Gasteiger partial charge in [0.05, 0.1) is 13.2 Å². The van der Waals surface area contributed by atoms with Crippen molar-refractivity contribution in [3.63, 3.8) is 0 Å². The molecule has 6 heteroatoms. The molecular formula is C19H22N2O4. The van der Waals surface area contributed by atoms with E-state index in [1.54, 1.807) is 13.2 Å². The summed E-state index contributed by atoms with van der Waals surface area (Å²) in [6.45, 7) is 0.403. The van der Waals surface area contributed by atoms with Gasteiger partial charge in [-0.15, -0.1) is 0 Å². The lowest BCUT2D eigenvalue weighted by Gasteiger charge is -2.12. The van der Waals surface area contributed by atoms with E-state index in [4.69, 9.17) is 4.74 Å². The molecule has 0 radical (unpaired) electrons. The number of hydrogen-bond acceptors (Lipinski definition) is 4. The van der Waals surface area contributed by atoms with Gasteiger partial charge in [0.15, 0.2) is 0 Å². The number of carbonyl (C=O) groups is 2. The Morgan fingerprint density at radius 2 is 1.64 bits per heavy atom. The third kappa shape index (κ3) is 5.61. The van der Waals surface area contributed by atoms with Gasteiger partial charge < -0.3 is 20.5 Å². The zero-order chi connectivity index (χ0) is 18.1. The minimum Gasteiger partial charge on any atom is -0.496 e. The van der Waals surface area contributed by atoms with Gasteiger partial charge in [0, 0.05) is 18.7 Å². The molecule has 2 amide bonds. The minimum absolute atomic E-state index is 0.197. The summed E-state index contributed by atoms with van der Waals surface area (Å²) in [5.74, 6) is -0.801. The number of carbonyl (C=O) groups excluding carboxylic acids is 2. The van der Waals surface area contributed by atoms with Gasteiger partial charge in [-0.05, 0) is 18.1 Å². The monoisotopic (exact) mass is 342 g/mol. The van der Waals surface area contributed by atoms with Crippen LogP contribution in [0.2, 0.25) is 0 Å². The summed E-state index contributed by atoms with van der Waals surface area (Å²) in [6.07, 6.45) is -0.353. The third-order valence-corrected chi connectivity index (χ3v) is 3.73. The molecule has 3 N–H and O–H groups in total. The van der Waals surface area contributed by atoms with Crippen molar-refractivity contribution < 1.29 is 19.4 Å². The molecule has 132 valence electrons. The van der Waals surface area contributed by atoms with E-state index in [-0.39, 0.29) is 13.1 Å². The fourth-order valence-corrected chi connectivity index (χ4v) is 2.35. The van der Waals surface area contributed by atoms with Crippen molar-refractivity contribution in [3.05, 3.63) is 65.7 Å². The first-order chi connectivity index (χ1) is 12.1. The maximum Gasteiger partial charge on any atom is 0.309 e. The standard InChI is InChI=1S/C19H22N2O4/c1-25-17-10-6-5-9-15(17)13-21-19(24)18(23)20-12-11-16(22)14-7-3-2-4-8-14/h2-10,16,22H,11-13H2,1H3,(H,20,23)(H,21,24).